The van der Waals surface area contributed by atoms with E-state index in [1.807, 2.05) is 5.32 Å². The molecule has 2 N–H and O–H groups in total. The predicted molar refractivity (Wildman–Crippen MR) is 122 cm³/mol. The Morgan fingerprint density at radius 1 is 0.889 bits per heavy atom. The highest BCUT2D eigenvalue weighted by molar-refractivity contribution is 6.48. The van der Waals surface area contributed by atoms with Crippen LogP contribution in [0.5, 0.6) is 0 Å². The van der Waals surface area contributed by atoms with Crippen molar-refractivity contribution in [1.29, 1.82) is 0 Å². The molecule has 0 bridgehead atoms. The van der Waals surface area contributed by atoms with Gasteiger partial charge in [0.05, 0.1) is 32.2 Å². The van der Waals surface area contributed by atoms with E-state index >= 15 is 0 Å². The van der Waals surface area contributed by atoms with Gasteiger partial charge >= 0.3 is 12.4 Å². The molecule has 36 heavy (non-hydrogen) atoms. The molecule has 196 valence electrons. The maximum atomic E-state index is 14.8. The van der Waals surface area contributed by atoms with Crippen LogP contribution in [-0.4, -0.2) is 37.3 Å². The first-order valence-corrected chi connectivity index (χ1v) is 11.0. The number of hydrogen-bond donors (Lipinski definition) is 2. The molecule has 0 aliphatic rings. The van der Waals surface area contributed by atoms with Gasteiger partial charge in [-0.05, 0) is 35.9 Å². The Hall–Kier alpha value is -2.21. The molecule has 0 saturated heterocycles. The Morgan fingerprint density at radius 3 is 1.97 bits per heavy atom. The highest BCUT2D eigenvalue weighted by atomic mass is 35.5. The van der Waals surface area contributed by atoms with Crippen molar-refractivity contribution >= 4 is 64.0 Å². The molecule has 1 unspecified atom stereocenters. The Bertz CT molecular complexity index is 1160. The fourth-order valence-corrected chi connectivity index (χ4v) is 3.62. The van der Waals surface area contributed by atoms with Crippen LogP contribution in [0.3, 0.4) is 0 Å². The Labute approximate surface area is 219 Å². The third kappa shape index (κ3) is 8.43. The lowest BCUT2D eigenvalue weighted by molar-refractivity contribution is -0.139. The number of carbonyl (C=O) groups is 2. The van der Waals surface area contributed by atoms with Gasteiger partial charge in [-0.1, -0.05) is 52.5 Å². The van der Waals surface area contributed by atoms with E-state index in [1.54, 1.807) is 0 Å². The second kappa shape index (κ2) is 11.9. The van der Waals surface area contributed by atoms with Gasteiger partial charge in [-0.15, -0.1) is 0 Å². The lowest BCUT2D eigenvalue weighted by atomic mass is 9.96. The quantitative estimate of drug-likeness (QED) is 0.258. The van der Waals surface area contributed by atoms with Crippen molar-refractivity contribution in [2.75, 3.05) is 13.1 Å². The zero-order valence-electron chi connectivity index (χ0n) is 17.4. The summed E-state index contributed by atoms with van der Waals surface area (Å²) >= 11 is 23.3. The van der Waals surface area contributed by atoms with E-state index in [0.29, 0.717) is 0 Å². The van der Waals surface area contributed by atoms with Crippen LogP contribution in [0.15, 0.2) is 36.4 Å². The van der Waals surface area contributed by atoms with Crippen LogP contribution in [0.1, 0.15) is 27.4 Å². The highest BCUT2D eigenvalue weighted by Crippen LogP contribution is 2.42. The summed E-state index contributed by atoms with van der Waals surface area (Å²) in [6.07, 6.45) is -9.34. The predicted octanol–water partition coefficient (Wildman–Crippen LogP) is 7.37. The van der Waals surface area contributed by atoms with Gasteiger partial charge in [0, 0.05) is 5.56 Å². The number of rotatable bonds is 7. The average Bonchev–Trinajstić information content (AvgIpc) is 2.76. The summed E-state index contributed by atoms with van der Waals surface area (Å²) < 4.78 is 92.1. The lowest BCUT2D eigenvalue weighted by Crippen LogP contribution is -2.40. The van der Waals surface area contributed by atoms with Gasteiger partial charge in [-0.2, -0.15) is 26.3 Å². The zero-order valence-corrected chi connectivity index (χ0v) is 20.5. The summed E-state index contributed by atoms with van der Waals surface area (Å²) in [5.74, 6) is -5.94. The molecule has 0 aliphatic carbocycles. The Kier molecular flexibility index (Phi) is 9.91. The van der Waals surface area contributed by atoms with Crippen LogP contribution in [0.2, 0.25) is 20.1 Å². The van der Waals surface area contributed by atoms with Crippen molar-refractivity contribution in [3.63, 3.8) is 0 Å². The maximum Gasteiger partial charge on any atom is 0.405 e. The molecule has 0 aliphatic heterocycles. The van der Waals surface area contributed by atoms with Gasteiger partial charge in [0.25, 0.3) is 5.91 Å². The van der Waals surface area contributed by atoms with Gasteiger partial charge in [-0.25, -0.2) is 4.39 Å². The standard InChI is InChI=1S/C21H13Cl4F7N2O2/c22-13-3-9(1-2-11(13)19(36)33-7-17(35)34-8-20(27,28)29)16(26)6-12(21(30,31)32)10-4-14(23)18(25)15(24)5-10/h1-6,12H,7-8H2,(H,33,36)(H,34,35)/b16-6-. The minimum absolute atomic E-state index is 0.175. The van der Waals surface area contributed by atoms with Crippen molar-refractivity contribution in [1.82, 2.24) is 10.6 Å². The fourth-order valence-electron chi connectivity index (χ4n) is 2.74. The lowest BCUT2D eigenvalue weighted by Gasteiger charge is -2.19. The normalized spacial score (nSPS) is 13.4. The second-order valence-electron chi connectivity index (χ2n) is 7.10. The van der Waals surface area contributed by atoms with Crippen molar-refractivity contribution in [3.05, 3.63) is 73.2 Å². The number of alkyl halides is 6. The van der Waals surface area contributed by atoms with Crippen LogP contribution < -0.4 is 10.6 Å². The number of nitrogens with one attached hydrogen (secondary N) is 2. The smallest absolute Gasteiger partial charge is 0.345 e. The van der Waals surface area contributed by atoms with Gasteiger partial charge < -0.3 is 10.6 Å². The number of allylic oxidation sites excluding steroid dienone is 1. The zero-order chi connectivity index (χ0) is 27.4. The molecule has 0 fully saturated rings. The molecule has 15 heteroatoms. The molecular formula is C21H13Cl4F7N2O2. The number of carbonyl (C=O) groups excluding carboxylic acids is 2. The van der Waals surface area contributed by atoms with Gasteiger partial charge in [0.1, 0.15) is 18.3 Å². The molecule has 0 radical (unpaired) electrons. The summed E-state index contributed by atoms with van der Waals surface area (Å²) in [6.45, 7) is -2.42. The summed E-state index contributed by atoms with van der Waals surface area (Å²) in [7, 11) is 0. The summed E-state index contributed by atoms with van der Waals surface area (Å²) in [5.41, 5.74) is -1.21. The third-order valence-electron chi connectivity index (χ3n) is 4.42. The average molecular weight is 600 g/mol. The van der Waals surface area contributed by atoms with Gasteiger partial charge in [-0.3, -0.25) is 9.59 Å². The minimum Gasteiger partial charge on any atom is -0.345 e. The first-order valence-electron chi connectivity index (χ1n) is 9.49. The summed E-state index contributed by atoms with van der Waals surface area (Å²) in [6, 6.07) is 4.56. The van der Waals surface area contributed by atoms with Gasteiger partial charge in [0.15, 0.2) is 0 Å². The molecule has 2 aromatic rings. The minimum atomic E-state index is -4.95. The van der Waals surface area contributed by atoms with Crippen LogP contribution in [0.25, 0.3) is 5.83 Å². The molecule has 0 heterocycles. The van der Waals surface area contributed by atoms with E-state index in [1.165, 1.54) is 5.32 Å². The number of benzene rings is 2. The first kappa shape index (κ1) is 30.0. The molecular weight excluding hydrogens is 587 g/mol. The summed E-state index contributed by atoms with van der Waals surface area (Å²) in [5, 5.41) is 2.44. The number of amides is 2. The van der Waals surface area contributed by atoms with E-state index in [-0.39, 0.29) is 26.7 Å². The Morgan fingerprint density at radius 2 is 1.47 bits per heavy atom. The molecule has 0 saturated carbocycles. The Balaban J connectivity index is 2.23. The van der Waals surface area contributed by atoms with Crippen LogP contribution in [-0.2, 0) is 4.79 Å². The SMILES string of the molecule is O=C(CNC(=O)c1ccc(/C(F)=C/C(c2cc(Cl)c(Cl)c(Cl)c2)C(F)(F)F)cc1Cl)NCC(F)(F)F. The van der Waals surface area contributed by atoms with Gasteiger partial charge in [0.2, 0.25) is 5.91 Å². The largest absolute Gasteiger partial charge is 0.405 e. The highest BCUT2D eigenvalue weighted by Gasteiger charge is 2.40. The third-order valence-corrected chi connectivity index (χ3v) is 5.93. The molecule has 1 atom stereocenters. The van der Waals surface area contributed by atoms with E-state index in [4.69, 9.17) is 46.4 Å². The van der Waals surface area contributed by atoms with E-state index in [2.05, 4.69) is 0 Å². The molecule has 2 rings (SSSR count). The second-order valence-corrected chi connectivity index (χ2v) is 8.70. The van der Waals surface area contributed by atoms with E-state index in [0.717, 1.165) is 30.3 Å². The first-order chi connectivity index (χ1) is 16.5. The molecule has 4 nitrogen and oxygen atoms in total. The molecule has 2 aromatic carbocycles. The van der Waals surface area contributed by atoms with Crippen molar-refractivity contribution in [3.8, 4) is 0 Å². The monoisotopic (exact) mass is 598 g/mol. The molecule has 2 amide bonds. The van der Waals surface area contributed by atoms with Crippen LogP contribution in [0, 0.1) is 0 Å². The maximum absolute atomic E-state index is 14.8. The number of halogens is 11. The van der Waals surface area contributed by atoms with Crippen molar-refractivity contribution in [2.24, 2.45) is 0 Å². The molecule has 0 spiro atoms. The van der Waals surface area contributed by atoms with E-state index in [9.17, 15) is 40.3 Å². The van der Waals surface area contributed by atoms with Crippen molar-refractivity contribution in [2.45, 2.75) is 18.3 Å². The van der Waals surface area contributed by atoms with Crippen LogP contribution >= 0.6 is 46.4 Å². The topological polar surface area (TPSA) is 58.2 Å². The van der Waals surface area contributed by atoms with E-state index < -0.39 is 65.2 Å². The molecule has 0 aromatic heterocycles. The number of hydrogen-bond acceptors (Lipinski definition) is 2. The summed E-state index contributed by atoms with van der Waals surface area (Å²) in [4.78, 5) is 23.5. The van der Waals surface area contributed by atoms with Crippen molar-refractivity contribution < 1.29 is 40.3 Å². The van der Waals surface area contributed by atoms with Crippen LogP contribution in [0.4, 0.5) is 30.7 Å². The fraction of sp³-hybridized carbons (Fsp3) is 0.238.